The fourth-order valence-corrected chi connectivity index (χ4v) is 2.91. The van der Waals surface area contributed by atoms with Gasteiger partial charge >= 0.3 is 5.97 Å². The minimum Gasteiger partial charge on any atom is -0.465 e. The van der Waals surface area contributed by atoms with Gasteiger partial charge in [-0.1, -0.05) is 20.8 Å². The number of nitrogens with zero attached hydrogens (tertiary/aromatic N) is 1. The molecule has 1 aliphatic rings. The van der Waals surface area contributed by atoms with E-state index in [-0.39, 0.29) is 5.97 Å². The molecule has 0 aromatic carbocycles. The Balaban J connectivity index is 2.46. The molecular weight excluding hydrogens is 264 g/mol. The smallest absolute Gasteiger partial charge is 0.326 e. The second-order valence-electron chi connectivity index (χ2n) is 6.81. The molecule has 0 saturated heterocycles. The number of rotatable bonds is 11. The van der Waals surface area contributed by atoms with Gasteiger partial charge in [0.15, 0.2) is 0 Å². The fourth-order valence-electron chi connectivity index (χ4n) is 2.91. The number of nitrogens with one attached hydrogen (secondary N) is 1. The van der Waals surface area contributed by atoms with Gasteiger partial charge in [-0.15, -0.1) is 0 Å². The zero-order valence-electron chi connectivity index (χ0n) is 14.6. The van der Waals surface area contributed by atoms with Gasteiger partial charge < -0.3 is 15.0 Å². The van der Waals surface area contributed by atoms with E-state index in [1.165, 1.54) is 19.4 Å². The molecule has 124 valence electrons. The molecular formula is C17H34N2O2. The summed E-state index contributed by atoms with van der Waals surface area (Å²) >= 11 is 0. The minimum absolute atomic E-state index is 0.117. The van der Waals surface area contributed by atoms with Gasteiger partial charge in [-0.2, -0.15) is 0 Å². The molecule has 1 aliphatic carbocycles. The zero-order chi connectivity index (χ0) is 15.9. The van der Waals surface area contributed by atoms with Gasteiger partial charge in [-0.3, -0.25) is 4.79 Å². The lowest BCUT2D eigenvalue weighted by Crippen LogP contribution is -2.50. The van der Waals surface area contributed by atoms with Crippen molar-refractivity contribution in [2.75, 3.05) is 26.2 Å². The highest BCUT2D eigenvalue weighted by Crippen LogP contribution is 2.28. The summed E-state index contributed by atoms with van der Waals surface area (Å²) in [7, 11) is 0. The lowest BCUT2D eigenvalue weighted by atomic mass is 9.95. The van der Waals surface area contributed by atoms with Gasteiger partial charge in [0.05, 0.1) is 6.61 Å². The van der Waals surface area contributed by atoms with E-state index in [2.05, 4.69) is 24.1 Å². The highest BCUT2D eigenvalue weighted by Gasteiger charge is 2.34. The fraction of sp³-hybridized carbons (Fsp3) is 0.941. The molecule has 1 N–H and O–H groups in total. The van der Waals surface area contributed by atoms with Crippen LogP contribution in [0.25, 0.3) is 0 Å². The first-order valence-electron chi connectivity index (χ1n) is 8.59. The first-order valence-corrected chi connectivity index (χ1v) is 8.59. The number of hydrogen-bond donors (Lipinski definition) is 1. The van der Waals surface area contributed by atoms with Crippen LogP contribution in [0.15, 0.2) is 0 Å². The summed E-state index contributed by atoms with van der Waals surface area (Å²) < 4.78 is 5.23. The largest absolute Gasteiger partial charge is 0.465 e. The third-order valence-electron chi connectivity index (χ3n) is 4.08. The van der Waals surface area contributed by atoms with Crippen LogP contribution in [-0.2, 0) is 9.53 Å². The van der Waals surface area contributed by atoms with Crippen LogP contribution in [0, 0.1) is 5.92 Å². The maximum absolute atomic E-state index is 12.2. The first kappa shape index (κ1) is 18.4. The molecule has 0 aromatic rings. The SMILES string of the molecule is CCNC(C)(CCCN(CC(C)C)C1CC1)C(=O)OCC. The summed E-state index contributed by atoms with van der Waals surface area (Å²) in [6.07, 6.45) is 4.55. The summed E-state index contributed by atoms with van der Waals surface area (Å²) in [5.41, 5.74) is -0.544. The molecule has 1 fully saturated rings. The van der Waals surface area contributed by atoms with Crippen molar-refractivity contribution in [1.82, 2.24) is 10.2 Å². The third-order valence-corrected chi connectivity index (χ3v) is 4.08. The molecule has 21 heavy (non-hydrogen) atoms. The third kappa shape index (κ3) is 6.35. The Morgan fingerprint density at radius 3 is 2.52 bits per heavy atom. The average Bonchev–Trinajstić information content (AvgIpc) is 3.22. The highest BCUT2D eigenvalue weighted by atomic mass is 16.5. The van der Waals surface area contributed by atoms with Crippen molar-refractivity contribution in [2.24, 2.45) is 5.92 Å². The Kier molecular flexibility index (Phi) is 7.67. The highest BCUT2D eigenvalue weighted by molar-refractivity contribution is 5.80. The number of carbonyl (C=O) groups excluding carboxylic acids is 1. The van der Waals surface area contributed by atoms with Crippen LogP contribution in [0.4, 0.5) is 0 Å². The van der Waals surface area contributed by atoms with Crippen molar-refractivity contribution in [3.8, 4) is 0 Å². The van der Waals surface area contributed by atoms with Gasteiger partial charge in [-0.25, -0.2) is 0 Å². The molecule has 0 amide bonds. The second kappa shape index (κ2) is 8.74. The standard InChI is InChI=1S/C17H34N2O2/c1-6-18-17(5,16(20)21-7-2)11-8-12-19(13-14(3)4)15-9-10-15/h14-15,18H,6-13H2,1-5H3. The lowest BCUT2D eigenvalue weighted by Gasteiger charge is -2.30. The Bertz CT molecular complexity index is 316. The van der Waals surface area contributed by atoms with Crippen LogP contribution in [0.2, 0.25) is 0 Å². The van der Waals surface area contributed by atoms with Crippen molar-refractivity contribution in [1.29, 1.82) is 0 Å². The predicted molar refractivity (Wildman–Crippen MR) is 87.4 cm³/mol. The monoisotopic (exact) mass is 298 g/mol. The van der Waals surface area contributed by atoms with Crippen LogP contribution in [0.3, 0.4) is 0 Å². The molecule has 0 radical (unpaired) electrons. The molecule has 1 unspecified atom stereocenters. The van der Waals surface area contributed by atoms with Crippen molar-refractivity contribution in [3.63, 3.8) is 0 Å². The van der Waals surface area contributed by atoms with E-state index in [9.17, 15) is 4.79 Å². The average molecular weight is 298 g/mol. The summed E-state index contributed by atoms with van der Waals surface area (Å²) in [6, 6.07) is 0.792. The summed E-state index contributed by atoms with van der Waals surface area (Å²) in [5.74, 6) is 0.587. The van der Waals surface area contributed by atoms with E-state index in [1.807, 2.05) is 20.8 Å². The zero-order valence-corrected chi connectivity index (χ0v) is 14.6. The lowest BCUT2D eigenvalue weighted by molar-refractivity contribution is -0.150. The Labute approximate surface area is 130 Å². The van der Waals surface area contributed by atoms with E-state index in [4.69, 9.17) is 4.74 Å². The molecule has 1 saturated carbocycles. The molecule has 0 aliphatic heterocycles. The van der Waals surface area contributed by atoms with Gasteiger partial charge in [-0.05, 0) is 58.5 Å². The Hall–Kier alpha value is -0.610. The number of likely N-dealkylation sites (N-methyl/N-ethyl adjacent to an activating group) is 1. The molecule has 4 nitrogen and oxygen atoms in total. The van der Waals surface area contributed by atoms with E-state index in [0.717, 1.165) is 32.0 Å². The van der Waals surface area contributed by atoms with Crippen molar-refractivity contribution in [3.05, 3.63) is 0 Å². The second-order valence-corrected chi connectivity index (χ2v) is 6.81. The summed E-state index contributed by atoms with van der Waals surface area (Å²) in [5, 5.41) is 3.31. The van der Waals surface area contributed by atoms with Crippen LogP contribution in [-0.4, -0.2) is 48.7 Å². The van der Waals surface area contributed by atoms with Crippen molar-refractivity contribution >= 4 is 5.97 Å². The van der Waals surface area contributed by atoms with Gasteiger partial charge in [0.2, 0.25) is 0 Å². The van der Waals surface area contributed by atoms with Gasteiger partial charge in [0.25, 0.3) is 0 Å². The van der Waals surface area contributed by atoms with Gasteiger partial charge in [0, 0.05) is 12.6 Å². The van der Waals surface area contributed by atoms with Crippen LogP contribution < -0.4 is 5.32 Å². The maximum atomic E-state index is 12.2. The van der Waals surface area contributed by atoms with E-state index < -0.39 is 5.54 Å². The van der Waals surface area contributed by atoms with E-state index >= 15 is 0 Å². The summed E-state index contributed by atoms with van der Waals surface area (Å²) in [4.78, 5) is 14.8. The summed E-state index contributed by atoms with van der Waals surface area (Å²) in [6.45, 7) is 13.9. The molecule has 4 heteroatoms. The number of hydrogen-bond acceptors (Lipinski definition) is 4. The predicted octanol–water partition coefficient (Wildman–Crippen LogP) is 2.82. The molecule has 0 heterocycles. The Morgan fingerprint density at radius 1 is 1.38 bits per heavy atom. The van der Waals surface area contributed by atoms with Crippen LogP contribution in [0.1, 0.15) is 60.3 Å². The minimum atomic E-state index is -0.544. The number of carbonyl (C=O) groups is 1. The topological polar surface area (TPSA) is 41.6 Å². The van der Waals surface area contributed by atoms with Gasteiger partial charge in [0.1, 0.15) is 5.54 Å². The molecule has 1 atom stereocenters. The van der Waals surface area contributed by atoms with Crippen LogP contribution >= 0.6 is 0 Å². The van der Waals surface area contributed by atoms with Crippen molar-refractivity contribution < 1.29 is 9.53 Å². The number of esters is 1. The first-order chi connectivity index (χ1) is 9.92. The molecule has 0 spiro atoms. The Morgan fingerprint density at radius 2 is 2.05 bits per heavy atom. The van der Waals surface area contributed by atoms with E-state index in [0.29, 0.717) is 12.5 Å². The molecule has 0 bridgehead atoms. The normalized spacial score (nSPS) is 18.0. The molecule has 1 rings (SSSR count). The molecule has 0 aromatic heterocycles. The quantitative estimate of drug-likeness (QED) is 0.596. The maximum Gasteiger partial charge on any atom is 0.326 e. The van der Waals surface area contributed by atoms with E-state index in [1.54, 1.807) is 0 Å². The van der Waals surface area contributed by atoms with Crippen molar-refractivity contribution in [2.45, 2.75) is 71.9 Å². The number of ether oxygens (including phenoxy) is 1. The van der Waals surface area contributed by atoms with Crippen LogP contribution in [0.5, 0.6) is 0 Å².